The predicted octanol–water partition coefficient (Wildman–Crippen LogP) is 0.824. The van der Waals surface area contributed by atoms with E-state index in [1.807, 2.05) is 0 Å². The Labute approximate surface area is 70.0 Å². The van der Waals surface area contributed by atoms with E-state index in [1.165, 1.54) is 13.1 Å². The van der Waals surface area contributed by atoms with Gasteiger partial charge in [-0.2, -0.15) is 5.10 Å². The molecule has 0 atom stereocenters. The second-order valence-electron chi connectivity index (χ2n) is 1.66. The third kappa shape index (κ3) is 3.52. The summed E-state index contributed by atoms with van der Waals surface area (Å²) in [6.07, 6.45) is 1.51. The van der Waals surface area contributed by atoms with Crippen molar-refractivity contribution in [1.82, 2.24) is 10.2 Å². The van der Waals surface area contributed by atoms with Crippen molar-refractivity contribution in [2.24, 2.45) is 0 Å². The first-order valence-electron chi connectivity index (χ1n) is 2.75. The van der Waals surface area contributed by atoms with Gasteiger partial charge in [0.1, 0.15) is 0 Å². The van der Waals surface area contributed by atoms with Gasteiger partial charge in [0.2, 0.25) is 5.88 Å². The molecule has 0 spiro atoms. The highest BCUT2D eigenvalue weighted by Gasteiger charge is 1.95. The van der Waals surface area contributed by atoms with Gasteiger partial charge in [0.25, 0.3) is 0 Å². The van der Waals surface area contributed by atoms with Crippen LogP contribution >= 0.6 is 12.4 Å². The van der Waals surface area contributed by atoms with Crippen LogP contribution < -0.4 is 4.74 Å². The Morgan fingerprint density at radius 2 is 2.36 bits per heavy atom. The zero-order chi connectivity index (χ0) is 7.40. The molecule has 1 heterocycles. The summed E-state index contributed by atoms with van der Waals surface area (Å²) >= 11 is 0. The molecule has 0 radical (unpaired) electrons. The minimum Gasteiger partial charge on any atom is -0.406 e. The first-order chi connectivity index (χ1) is 4.79. The quantitative estimate of drug-likeness (QED) is 0.592. The van der Waals surface area contributed by atoms with Crippen molar-refractivity contribution in [1.29, 1.82) is 0 Å². The second kappa shape index (κ2) is 4.62. The van der Waals surface area contributed by atoms with E-state index in [0.29, 0.717) is 0 Å². The Balaban J connectivity index is 0.000001000. The van der Waals surface area contributed by atoms with Crippen molar-refractivity contribution in [2.75, 3.05) is 0 Å². The van der Waals surface area contributed by atoms with Crippen molar-refractivity contribution in [3.05, 3.63) is 18.3 Å². The number of hydrogen-bond donors (Lipinski definition) is 0. The average Bonchev–Trinajstić information content (AvgIpc) is 1.88. The molecular formula is C6H7ClN2O2. The fourth-order valence-electron chi connectivity index (χ4n) is 0.489. The van der Waals surface area contributed by atoms with Gasteiger partial charge in [-0.25, -0.2) is 0 Å². The minimum absolute atomic E-state index is 0. The number of hydrogen-bond acceptors (Lipinski definition) is 4. The van der Waals surface area contributed by atoms with Crippen molar-refractivity contribution < 1.29 is 9.53 Å². The standard InChI is InChI=1S/C6H6N2O2.ClH/c1-5(9)10-6-3-2-4-7-8-6;/h2-4H,1H3;1H. The molecule has 0 N–H and O–H groups in total. The Hall–Kier alpha value is -1.16. The SMILES string of the molecule is CC(=O)Oc1cccnn1.Cl. The minimum atomic E-state index is -0.388. The summed E-state index contributed by atoms with van der Waals surface area (Å²) in [5.74, 6) is -0.157. The van der Waals surface area contributed by atoms with Gasteiger partial charge in [-0.3, -0.25) is 4.79 Å². The topological polar surface area (TPSA) is 52.1 Å². The van der Waals surface area contributed by atoms with Gasteiger partial charge < -0.3 is 4.74 Å². The second-order valence-corrected chi connectivity index (χ2v) is 1.66. The van der Waals surface area contributed by atoms with Crippen molar-refractivity contribution in [3.8, 4) is 5.88 Å². The van der Waals surface area contributed by atoms with E-state index in [0.717, 1.165) is 0 Å². The first-order valence-corrected chi connectivity index (χ1v) is 2.75. The monoisotopic (exact) mass is 174 g/mol. The number of nitrogens with zero attached hydrogens (tertiary/aromatic N) is 2. The lowest BCUT2D eigenvalue weighted by Crippen LogP contribution is -2.02. The van der Waals surface area contributed by atoms with Crippen molar-refractivity contribution in [3.63, 3.8) is 0 Å². The Morgan fingerprint density at radius 1 is 1.64 bits per heavy atom. The maximum Gasteiger partial charge on any atom is 0.309 e. The van der Waals surface area contributed by atoms with E-state index in [-0.39, 0.29) is 24.3 Å². The summed E-state index contributed by atoms with van der Waals surface area (Å²) in [5.41, 5.74) is 0. The van der Waals surface area contributed by atoms with Crippen LogP contribution in [-0.2, 0) is 4.79 Å². The number of carbonyl (C=O) groups excluding carboxylic acids is 1. The van der Waals surface area contributed by atoms with Crippen LogP contribution in [0.1, 0.15) is 6.92 Å². The highest BCUT2D eigenvalue weighted by atomic mass is 35.5. The van der Waals surface area contributed by atoms with Crippen LogP contribution in [0.15, 0.2) is 18.3 Å². The molecule has 0 aliphatic heterocycles. The summed E-state index contributed by atoms with van der Waals surface area (Å²) in [6, 6.07) is 3.21. The average molecular weight is 175 g/mol. The Kier molecular flexibility index (Phi) is 4.14. The van der Waals surface area contributed by atoms with Crippen LogP contribution in [0.25, 0.3) is 0 Å². The highest BCUT2D eigenvalue weighted by Crippen LogP contribution is 2.00. The van der Waals surface area contributed by atoms with Crippen LogP contribution in [-0.4, -0.2) is 16.2 Å². The van der Waals surface area contributed by atoms with Gasteiger partial charge in [0.15, 0.2) is 0 Å². The van der Waals surface area contributed by atoms with E-state index in [2.05, 4.69) is 14.9 Å². The van der Waals surface area contributed by atoms with E-state index in [4.69, 9.17) is 0 Å². The molecule has 1 aromatic heterocycles. The number of carbonyl (C=O) groups is 1. The molecule has 0 unspecified atom stereocenters. The van der Waals surface area contributed by atoms with Crippen LogP contribution in [0.2, 0.25) is 0 Å². The fourth-order valence-corrected chi connectivity index (χ4v) is 0.489. The molecule has 11 heavy (non-hydrogen) atoms. The molecule has 0 amide bonds. The van der Waals surface area contributed by atoms with Crippen molar-refractivity contribution in [2.45, 2.75) is 6.92 Å². The van der Waals surface area contributed by atoms with Gasteiger partial charge in [0, 0.05) is 19.2 Å². The molecule has 4 nitrogen and oxygen atoms in total. The molecule has 0 aromatic carbocycles. The molecule has 0 aliphatic rings. The molecule has 0 fully saturated rings. The lowest BCUT2D eigenvalue weighted by Gasteiger charge is -1.94. The van der Waals surface area contributed by atoms with Gasteiger partial charge >= 0.3 is 5.97 Å². The molecular weight excluding hydrogens is 168 g/mol. The lowest BCUT2D eigenvalue weighted by molar-refractivity contribution is -0.132. The molecule has 0 saturated heterocycles. The van der Waals surface area contributed by atoms with Gasteiger partial charge in [-0.05, 0) is 6.07 Å². The van der Waals surface area contributed by atoms with Crippen LogP contribution in [0.3, 0.4) is 0 Å². The highest BCUT2D eigenvalue weighted by molar-refractivity contribution is 5.85. The maximum atomic E-state index is 10.3. The molecule has 1 aromatic rings. The summed E-state index contributed by atoms with van der Waals surface area (Å²) in [4.78, 5) is 10.3. The predicted molar refractivity (Wildman–Crippen MR) is 40.6 cm³/mol. The third-order valence-corrected chi connectivity index (χ3v) is 0.796. The summed E-state index contributed by atoms with van der Waals surface area (Å²) in [7, 11) is 0. The molecule has 0 aliphatic carbocycles. The lowest BCUT2D eigenvalue weighted by atomic mass is 10.6. The first kappa shape index (κ1) is 9.84. The largest absolute Gasteiger partial charge is 0.406 e. The van der Waals surface area contributed by atoms with Gasteiger partial charge in [-0.15, -0.1) is 17.5 Å². The van der Waals surface area contributed by atoms with Gasteiger partial charge in [-0.1, -0.05) is 0 Å². The van der Waals surface area contributed by atoms with E-state index in [9.17, 15) is 4.79 Å². The molecule has 1 rings (SSSR count). The molecule has 60 valence electrons. The number of aromatic nitrogens is 2. The van der Waals surface area contributed by atoms with Gasteiger partial charge in [0.05, 0.1) is 0 Å². The molecule has 5 heteroatoms. The summed E-state index contributed by atoms with van der Waals surface area (Å²) in [6.45, 7) is 1.31. The van der Waals surface area contributed by atoms with E-state index < -0.39 is 0 Å². The zero-order valence-electron chi connectivity index (χ0n) is 5.85. The number of rotatable bonds is 1. The Bertz CT molecular complexity index is 227. The molecule has 0 bridgehead atoms. The number of esters is 1. The third-order valence-electron chi connectivity index (χ3n) is 0.796. The summed E-state index contributed by atoms with van der Waals surface area (Å²) in [5, 5.41) is 7.04. The number of halogens is 1. The summed E-state index contributed by atoms with van der Waals surface area (Å²) < 4.78 is 4.60. The van der Waals surface area contributed by atoms with E-state index >= 15 is 0 Å². The van der Waals surface area contributed by atoms with Crippen LogP contribution in [0.5, 0.6) is 5.88 Å². The van der Waals surface area contributed by atoms with Crippen LogP contribution in [0, 0.1) is 0 Å². The zero-order valence-corrected chi connectivity index (χ0v) is 6.67. The Morgan fingerprint density at radius 3 is 2.82 bits per heavy atom. The molecule has 0 saturated carbocycles. The smallest absolute Gasteiger partial charge is 0.309 e. The normalized spacial score (nSPS) is 8.09. The van der Waals surface area contributed by atoms with Crippen molar-refractivity contribution >= 4 is 18.4 Å². The van der Waals surface area contributed by atoms with Crippen LogP contribution in [0.4, 0.5) is 0 Å². The fraction of sp³-hybridized carbons (Fsp3) is 0.167. The number of ether oxygens (including phenoxy) is 1. The maximum absolute atomic E-state index is 10.3. The van der Waals surface area contributed by atoms with E-state index in [1.54, 1.807) is 12.1 Å².